The van der Waals surface area contributed by atoms with Gasteiger partial charge in [-0.1, -0.05) is 0 Å². The van der Waals surface area contributed by atoms with Crippen molar-refractivity contribution in [2.24, 2.45) is 0 Å². The summed E-state index contributed by atoms with van der Waals surface area (Å²) in [6.07, 6.45) is 4.33. The van der Waals surface area contributed by atoms with Crippen molar-refractivity contribution >= 4 is 11.6 Å². The summed E-state index contributed by atoms with van der Waals surface area (Å²) >= 11 is 0. The van der Waals surface area contributed by atoms with Gasteiger partial charge in [-0.05, 0) is 12.1 Å². The van der Waals surface area contributed by atoms with Crippen LogP contribution in [0, 0.1) is 5.21 Å². The Morgan fingerprint density at radius 2 is 1.96 bits per heavy atom. The third-order valence-corrected chi connectivity index (χ3v) is 3.18. The fraction of sp³-hybridized carbons (Fsp3) is 0. The molecule has 116 valence electrons. The van der Waals surface area contributed by atoms with Gasteiger partial charge in [-0.25, -0.2) is 4.98 Å². The maximum absolute atomic E-state index is 11.1. The Labute approximate surface area is 129 Å². The van der Waals surface area contributed by atoms with Crippen LogP contribution < -0.4 is 10.5 Å². The number of hydrogen-bond donors (Lipinski definition) is 1. The maximum Gasteiger partial charge on any atom is 0.225 e. The SMILES string of the molecule is Nc1nc(-c2cc[n+]([O-])cc2)nc2cc(-c3ccco3)nn12.O. The fourth-order valence-electron chi connectivity index (χ4n) is 2.14. The Bertz CT molecular complexity index is 947. The highest BCUT2D eigenvalue weighted by Gasteiger charge is 2.13. The summed E-state index contributed by atoms with van der Waals surface area (Å²) in [5, 5.41) is 15.4. The third kappa shape index (κ3) is 2.45. The van der Waals surface area contributed by atoms with Gasteiger partial charge in [0.1, 0.15) is 5.69 Å². The zero-order valence-corrected chi connectivity index (χ0v) is 11.7. The van der Waals surface area contributed by atoms with Crippen LogP contribution in [-0.2, 0) is 0 Å². The van der Waals surface area contributed by atoms with Crippen molar-refractivity contribution < 1.29 is 14.6 Å². The number of hydrogen-bond acceptors (Lipinski definition) is 6. The van der Waals surface area contributed by atoms with Crippen LogP contribution in [0.15, 0.2) is 53.4 Å². The number of anilines is 1. The molecular weight excluding hydrogens is 300 g/mol. The van der Waals surface area contributed by atoms with Crippen LogP contribution in [0.25, 0.3) is 28.5 Å². The lowest BCUT2D eigenvalue weighted by Gasteiger charge is -2.03. The molecule has 0 aliphatic carbocycles. The molecule has 4 N–H and O–H groups in total. The molecule has 0 fully saturated rings. The first-order valence-corrected chi connectivity index (χ1v) is 6.47. The van der Waals surface area contributed by atoms with E-state index in [0.29, 0.717) is 33.2 Å². The number of pyridine rings is 1. The number of fused-ring (bicyclic) bond motifs is 1. The van der Waals surface area contributed by atoms with Gasteiger partial charge in [0, 0.05) is 23.8 Å². The van der Waals surface area contributed by atoms with Gasteiger partial charge in [0.15, 0.2) is 29.6 Å². The number of nitrogen functional groups attached to an aromatic ring is 1. The van der Waals surface area contributed by atoms with Crippen LogP contribution in [0.2, 0.25) is 0 Å². The largest absolute Gasteiger partial charge is 0.619 e. The highest BCUT2D eigenvalue weighted by atomic mass is 16.5. The Hall–Kier alpha value is -3.46. The summed E-state index contributed by atoms with van der Waals surface area (Å²) in [5.41, 5.74) is 7.81. The molecule has 0 spiro atoms. The van der Waals surface area contributed by atoms with E-state index in [1.807, 2.05) is 0 Å². The van der Waals surface area contributed by atoms with Gasteiger partial charge in [0.2, 0.25) is 5.95 Å². The smallest absolute Gasteiger partial charge is 0.225 e. The van der Waals surface area contributed by atoms with Crippen molar-refractivity contribution in [3.63, 3.8) is 0 Å². The summed E-state index contributed by atoms with van der Waals surface area (Å²) in [4.78, 5) is 8.64. The van der Waals surface area contributed by atoms with Crippen LogP contribution >= 0.6 is 0 Å². The first kappa shape index (κ1) is 14.5. The summed E-state index contributed by atoms with van der Waals surface area (Å²) < 4.78 is 7.45. The second-order valence-corrected chi connectivity index (χ2v) is 4.63. The second-order valence-electron chi connectivity index (χ2n) is 4.63. The van der Waals surface area contributed by atoms with Gasteiger partial charge in [0.25, 0.3) is 0 Å². The molecular formula is C14H12N6O3. The number of aromatic nitrogens is 5. The van der Waals surface area contributed by atoms with Crippen molar-refractivity contribution in [1.82, 2.24) is 19.6 Å². The van der Waals surface area contributed by atoms with Crippen molar-refractivity contribution in [3.8, 4) is 22.8 Å². The summed E-state index contributed by atoms with van der Waals surface area (Å²) in [6, 6.07) is 8.60. The molecule has 0 amide bonds. The van der Waals surface area contributed by atoms with E-state index in [1.54, 1.807) is 36.6 Å². The van der Waals surface area contributed by atoms with E-state index in [0.717, 1.165) is 0 Å². The average Bonchev–Trinajstić information content (AvgIpc) is 3.17. The van der Waals surface area contributed by atoms with Gasteiger partial charge in [0.05, 0.1) is 6.26 Å². The predicted molar refractivity (Wildman–Crippen MR) is 80.9 cm³/mol. The third-order valence-electron chi connectivity index (χ3n) is 3.18. The summed E-state index contributed by atoms with van der Waals surface area (Å²) in [5.74, 6) is 1.26. The van der Waals surface area contributed by atoms with E-state index in [2.05, 4.69) is 15.1 Å². The first-order valence-electron chi connectivity index (χ1n) is 6.47. The average molecular weight is 312 g/mol. The van der Waals surface area contributed by atoms with Crippen molar-refractivity contribution in [1.29, 1.82) is 0 Å². The fourth-order valence-corrected chi connectivity index (χ4v) is 2.14. The lowest BCUT2D eigenvalue weighted by atomic mass is 10.2. The minimum atomic E-state index is 0. The molecule has 0 aliphatic rings. The molecule has 4 rings (SSSR count). The highest BCUT2D eigenvalue weighted by Crippen LogP contribution is 2.22. The van der Waals surface area contributed by atoms with Crippen LogP contribution in [0.3, 0.4) is 0 Å². The van der Waals surface area contributed by atoms with Gasteiger partial charge in [-0.15, -0.1) is 0 Å². The van der Waals surface area contributed by atoms with Gasteiger partial charge in [-0.3, -0.25) is 0 Å². The molecule has 4 aromatic heterocycles. The Kier molecular flexibility index (Phi) is 3.39. The molecule has 0 saturated heterocycles. The van der Waals surface area contributed by atoms with Gasteiger partial charge in [-0.2, -0.15) is 19.3 Å². The Morgan fingerprint density at radius 3 is 2.65 bits per heavy atom. The van der Waals surface area contributed by atoms with Crippen molar-refractivity contribution in [2.45, 2.75) is 0 Å². The standard InChI is InChI=1S/C14H10N6O2.H2O/c15-14-17-13(9-3-5-19(21)6-4-9)16-12-8-10(18-20(12)14)11-2-1-7-22-11;/h1-8H,(H2,15,16,17);1H2. The van der Waals surface area contributed by atoms with E-state index in [-0.39, 0.29) is 11.4 Å². The molecule has 0 aromatic carbocycles. The van der Waals surface area contributed by atoms with E-state index < -0.39 is 0 Å². The molecule has 23 heavy (non-hydrogen) atoms. The molecule has 0 atom stereocenters. The number of furan rings is 1. The van der Waals surface area contributed by atoms with Gasteiger partial charge < -0.3 is 20.8 Å². The maximum atomic E-state index is 11.1. The first-order chi connectivity index (χ1) is 10.7. The Morgan fingerprint density at radius 1 is 1.17 bits per heavy atom. The molecule has 0 unspecified atom stereocenters. The molecule has 0 aliphatic heterocycles. The molecule has 0 saturated carbocycles. The monoisotopic (exact) mass is 312 g/mol. The molecule has 4 aromatic rings. The summed E-state index contributed by atoms with van der Waals surface area (Å²) in [6.45, 7) is 0. The quantitative estimate of drug-likeness (QED) is 0.420. The summed E-state index contributed by atoms with van der Waals surface area (Å²) in [7, 11) is 0. The lowest BCUT2D eigenvalue weighted by molar-refractivity contribution is -0.605. The molecule has 9 heteroatoms. The van der Waals surface area contributed by atoms with E-state index in [9.17, 15) is 5.21 Å². The molecule has 0 bridgehead atoms. The minimum Gasteiger partial charge on any atom is -0.619 e. The van der Waals surface area contributed by atoms with E-state index in [4.69, 9.17) is 10.2 Å². The zero-order chi connectivity index (χ0) is 15.1. The topological polar surface area (TPSA) is 141 Å². The number of nitrogens with zero attached hydrogens (tertiary/aromatic N) is 5. The van der Waals surface area contributed by atoms with Gasteiger partial charge >= 0.3 is 0 Å². The number of nitrogens with two attached hydrogens (primary N) is 1. The lowest BCUT2D eigenvalue weighted by Crippen LogP contribution is -2.23. The zero-order valence-electron chi connectivity index (χ0n) is 11.7. The molecule has 0 radical (unpaired) electrons. The van der Waals surface area contributed by atoms with Crippen LogP contribution in [0.4, 0.5) is 5.95 Å². The van der Waals surface area contributed by atoms with Crippen LogP contribution in [0.5, 0.6) is 0 Å². The molecule has 9 nitrogen and oxygen atoms in total. The predicted octanol–water partition coefficient (Wildman–Crippen LogP) is 0.442. The second kappa shape index (κ2) is 5.39. The van der Waals surface area contributed by atoms with Crippen molar-refractivity contribution in [2.75, 3.05) is 5.73 Å². The van der Waals surface area contributed by atoms with Crippen molar-refractivity contribution in [3.05, 3.63) is 54.2 Å². The molecule has 4 heterocycles. The normalized spacial score (nSPS) is 10.6. The van der Waals surface area contributed by atoms with E-state index >= 15 is 0 Å². The minimum absolute atomic E-state index is 0. The van der Waals surface area contributed by atoms with Crippen LogP contribution in [-0.4, -0.2) is 25.1 Å². The van der Waals surface area contributed by atoms with Crippen LogP contribution in [0.1, 0.15) is 0 Å². The number of rotatable bonds is 2. The Balaban J connectivity index is 0.00000156. The highest BCUT2D eigenvalue weighted by molar-refractivity contribution is 5.64. The van der Waals surface area contributed by atoms with E-state index in [1.165, 1.54) is 16.9 Å².